The minimum Gasteiger partial charge on any atom is -0.211 e. The molecule has 1 rings (SSSR count). The molecule has 64 valence electrons. The average Bonchev–Trinajstić information content (AvgIpc) is 2.12. The molecule has 0 bridgehead atoms. The summed E-state index contributed by atoms with van der Waals surface area (Å²) in [6.45, 7) is 0. The molecule has 0 unspecified atom stereocenters. The molecule has 0 heterocycles. The highest BCUT2D eigenvalue weighted by Gasteiger charge is 1.99. The van der Waals surface area contributed by atoms with Crippen LogP contribution in [0.5, 0.6) is 0 Å². The molecule has 5 heteroatoms. The first kappa shape index (κ1) is 9.36. The molecule has 0 aliphatic heterocycles. The Morgan fingerprint density at radius 2 is 1.85 bits per heavy atom. The van der Waals surface area contributed by atoms with Gasteiger partial charge in [-0.05, 0) is 18.2 Å². The largest absolute Gasteiger partial charge is 0.240 e. The predicted molar refractivity (Wildman–Crippen MR) is 47.0 cm³/mol. The third-order valence-electron chi connectivity index (χ3n) is 1.27. The van der Waals surface area contributed by atoms with Crippen molar-refractivity contribution in [2.24, 2.45) is 9.98 Å². The monoisotopic (exact) mass is 194 g/mol. The number of halogens is 1. The maximum atomic E-state index is 9.94. The Morgan fingerprint density at radius 3 is 2.46 bits per heavy atom. The van der Waals surface area contributed by atoms with Gasteiger partial charge in [0, 0.05) is 0 Å². The van der Waals surface area contributed by atoms with Crippen molar-refractivity contribution in [3.63, 3.8) is 0 Å². The van der Waals surface area contributed by atoms with Crippen LogP contribution in [0.25, 0.3) is 0 Å². The highest BCUT2D eigenvalue weighted by molar-refractivity contribution is 6.33. The standard InChI is InChI=1S/C8H3ClN2O2/c9-7-2-1-6(10-4-12)3-8(7)11-5-13/h1-3H. The molecule has 0 atom stereocenters. The summed E-state index contributed by atoms with van der Waals surface area (Å²) in [6, 6.07) is 4.38. The molecule has 0 aromatic heterocycles. The van der Waals surface area contributed by atoms with Gasteiger partial charge in [0.1, 0.15) is 0 Å². The van der Waals surface area contributed by atoms with Crippen LogP contribution in [-0.4, -0.2) is 12.2 Å². The summed E-state index contributed by atoms with van der Waals surface area (Å²) >= 11 is 5.66. The van der Waals surface area contributed by atoms with Crippen molar-refractivity contribution in [1.82, 2.24) is 0 Å². The minimum absolute atomic E-state index is 0.230. The van der Waals surface area contributed by atoms with E-state index in [1.807, 2.05) is 0 Å². The number of hydrogen-bond donors (Lipinski definition) is 0. The van der Waals surface area contributed by atoms with Crippen LogP contribution in [0.1, 0.15) is 0 Å². The molecule has 1 aromatic carbocycles. The molecule has 0 saturated heterocycles. The van der Waals surface area contributed by atoms with E-state index in [4.69, 9.17) is 11.6 Å². The molecule has 0 amide bonds. The van der Waals surface area contributed by atoms with E-state index in [0.29, 0.717) is 10.7 Å². The fourth-order valence-electron chi connectivity index (χ4n) is 0.758. The minimum atomic E-state index is 0.230. The summed E-state index contributed by atoms with van der Waals surface area (Å²) in [5.74, 6) is 0. The van der Waals surface area contributed by atoms with Crippen LogP contribution in [0.2, 0.25) is 5.02 Å². The molecule has 0 aliphatic carbocycles. The Morgan fingerprint density at radius 1 is 1.15 bits per heavy atom. The molecule has 0 radical (unpaired) electrons. The van der Waals surface area contributed by atoms with Crippen molar-refractivity contribution in [2.45, 2.75) is 0 Å². The van der Waals surface area contributed by atoms with E-state index < -0.39 is 0 Å². The first-order valence-electron chi connectivity index (χ1n) is 3.23. The molecule has 0 N–H and O–H groups in total. The van der Waals surface area contributed by atoms with Gasteiger partial charge in [-0.2, -0.15) is 9.98 Å². The molecule has 4 nitrogen and oxygen atoms in total. The predicted octanol–water partition coefficient (Wildman–Crippen LogP) is 2.27. The third-order valence-corrected chi connectivity index (χ3v) is 1.59. The molecule has 0 aliphatic rings. The van der Waals surface area contributed by atoms with E-state index in [9.17, 15) is 9.59 Å². The van der Waals surface area contributed by atoms with Crippen LogP contribution in [0, 0.1) is 0 Å². The average molecular weight is 195 g/mol. The molecular formula is C8H3ClN2O2. The van der Waals surface area contributed by atoms with Gasteiger partial charge >= 0.3 is 0 Å². The molecule has 0 fully saturated rings. The third kappa shape index (κ3) is 2.36. The van der Waals surface area contributed by atoms with Crippen molar-refractivity contribution < 1.29 is 9.59 Å². The Balaban J connectivity index is 3.25. The van der Waals surface area contributed by atoms with Gasteiger partial charge in [0.2, 0.25) is 12.2 Å². The Bertz CT molecular complexity index is 418. The normalized spacial score (nSPS) is 8.38. The Labute approximate surface area is 78.6 Å². The zero-order valence-electron chi connectivity index (χ0n) is 6.32. The zero-order chi connectivity index (χ0) is 9.68. The highest BCUT2D eigenvalue weighted by Crippen LogP contribution is 2.28. The fraction of sp³-hybridized carbons (Fsp3) is 0. The van der Waals surface area contributed by atoms with E-state index in [1.54, 1.807) is 0 Å². The first-order valence-corrected chi connectivity index (χ1v) is 3.61. The van der Waals surface area contributed by atoms with Crippen LogP contribution < -0.4 is 0 Å². The number of aliphatic imine (C=N–C) groups is 2. The van der Waals surface area contributed by atoms with Gasteiger partial charge in [0.05, 0.1) is 16.4 Å². The topological polar surface area (TPSA) is 58.9 Å². The fourth-order valence-corrected chi connectivity index (χ4v) is 0.918. The van der Waals surface area contributed by atoms with E-state index in [0.717, 1.165) is 0 Å². The number of nitrogens with zero attached hydrogens (tertiary/aromatic N) is 2. The second-order valence-corrected chi connectivity index (χ2v) is 2.45. The Hall–Kier alpha value is -1.73. The van der Waals surface area contributed by atoms with Crippen LogP contribution in [0.3, 0.4) is 0 Å². The lowest BCUT2D eigenvalue weighted by atomic mass is 10.3. The van der Waals surface area contributed by atoms with Gasteiger partial charge in [-0.15, -0.1) is 0 Å². The quantitative estimate of drug-likeness (QED) is 0.536. The van der Waals surface area contributed by atoms with Crippen LogP contribution in [0.4, 0.5) is 11.4 Å². The van der Waals surface area contributed by atoms with E-state index in [1.165, 1.54) is 30.4 Å². The number of carbonyl (C=O) groups excluding carboxylic acids is 2. The van der Waals surface area contributed by atoms with Crippen molar-refractivity contribution >= 4 is 35.1 Å². The number of rotatable bonds is 2. The lowest BCUT2D eigenvalue weighted by molar-refractivity contribution is 0.565. The lowest BCUT2D eigenvalue weighted by Gasteiger charge is -1.95. The summed E-state index contributed by atoms with van der Waals surface area (Å²) in [5, 5.41) is 0.299. The second kappa shape index (κ2) is 4.33. The van der Waals surface area contributed by atoms with Crippen molar-refractivity contribution in [1.29, 1.82) is 0 Å². The van der Waals surface area contributed by atoms with Crippen LogP contribution in [0.15, 0.2) is 28.2 Å². The molecule has 13 heavy (non-hydrogen) atoms. The highest BCUT2D eigenvalue weighted by atomic mass is 35.5. The van der Waals surface area contributed by atoms with E-state index in [-0.39, 0.29) is 5.69 Å². The van der Waals surface area contributed by atoms with E-state index in [2.05, 4.69) is 9.98 Å². The number of isocyanates is 2. The Kier molecular flexibility index (Phi) is 3.12. The van der Waals surface area contributed by atoms with Gasteiger partial charge in [-0.3, -0.25) is 0 Å². The van der Waals surface area contributed by atoms with Gasteiger partial charge in [-0.1, -0.05) is 11.6 Å². The van der Waals surface area contributed by atoms with Gasteiger partial charge in [0.15, 0.2) is 0 Å². The second-order valence-electron chi connectivity index (χ2n) is 2.04. The van der Waals surface area contributed by atoms with Crippen LogP contribution >= 0.6 is 11.6 Å². The van der Waals surface area contributed by atoms with Gasteiger partial charge < -0.3 is 0 Å². The summed E-state index contributed by atoms with van der Waals surface area (Å²) in [6.07, 6.45) is 2.71. The molecular weight excluding hydrogens is 192 g/mol. The van der Waals surface area contributed by atoms with Crippen molar-refractivity contribution in [3.05, 3.63) is 23.2 Å². The summed E-state index contributed by atoms with van der Waals surface area (Å²) < 4.78 is 0. The maximum absolute atomic E-state index is 9.94. The SMILES string of the molecule is O=C=Nc1ccc(Cl)c(N=C=O)c1. The zero-order valence-corrected chi connectivity index (χ0v) is 7.08. The summed E-state index contributed by atoms with van der Waals surface area (Å²) in [5.41, 5.74) is 0.571. The van der Waals surface area contributed by atoms with Crippen LogP contribution in [-0.2, 0) is 9.59 Å². The first-order chi connectivity index (χ1) is 6.27. The van der Waals surface area contributed by atoms with Crippen molar-refractivity contribution in [2.75, 3.05) is 0 Å². The maximum Gasteiger partial charge on any atom is 0.240 e. The summed E-state index contributed by atoms with van der Waals surface area (Å²) in [4.78, 5) is 26.5. The van der Waals surface area contributed by atoms with E-state index >= 15 is 0 Å². The van der Waals surface area contributed by atoms with Gasteiger partial charge in [0.25, 0.3) is 0 Å². The lowest BCUT2D eigenvalue weighted by Crippen LogP contribution is -1.68. The smallest absolute Gasteiger partial charge is 0.211 e. The molecule has 1 aromatic rings. The summed E-state index contributed by atoms with van der Waals surface area (Å²) in [7, 11) is 0. The number of hydrogen-bond acceptors (Lipinski definition) is 4. The number of benzene rings is 1. The van der Waals surface area contributed by atoms with Crippen molar-refractivity contribution in [3.8, 4) is 0 Å². The van der Waals surface area contributed by atoms with Gasteiger partial charge in [-0.25, -0.2) is 9.59 Å². The molecule has 0 saturated carbocycles. The molecule has 0 spiro atoms.